The van der Waals surface area contributed by atoms with Gasteiger partial charge in [-0.2, -0.15) is 0 Å². The summed E-state index contributed by atoms with van der Waals surface area (Å²) in [4.78, 5) is 31.6. The summed E-state index contributed by atoms with van der Waals surface area (Å²) in [5, 5.41) is 4.73. The molecule has 0 bridgehead atoms. The maximum absolute atomic E-state index is 12.2. The average molecular weight is 374 g/mol. The van der Waals surface area contributed by atoms with E-state index in [1.54, 1.807) is 22.7 Å². The molecule has 3 aromatic rings. The lowest BCUT2D eigenvalue weighted by Crippen LogP contribution is -2.23. The first-order valence-electron chi connectivity index (χ1n) is 7.88. The molecule has 1 amide bonds. The zero-order valence-electron chi connectivity index (χ0n) is 14.0. The molecular formula is C18H18N2O3S2. The molecular weight excluding hydrogens is 356 g/mol. The van der Waals surface area contributed by atoms with Gasteiger partial charge in [0.1, 0.15) is 6.26 Å². The SMILES string of the molecule is Cc1cc(C(=O)CCC(=O)NCc2coc(-c3cccs3)n2)c(C)s1. The topological polar surface area (TPSA) is 72.2 Å². The number of oxazole rings is 1. The van der Waals surface area contributed by atoms with Crippen molar-refractivity contribution < 1.29 is 14.0 Å². The zero-order valence-corrected chi connectivity index (χ0v) is 15.6. The molecule has 0 radical (unpaired) electrons. The molecule has 3 heterocycles. The fourth-order valence-electron chi connectivity index (χ4n) is 2.45. The number of nitrogens with zero attached hydrogens (tertiary/aromatic N) is 1. The summed E-state index contributed by atoms with van der Waals surface area (Å²) in [5.41, 5.74) is 1.39. The molecule has 0 aliphatic rings. The Morgan fingerprint density at radius 2 is 2.12 bits per heavy atom. The van der Waals surface area contributed by atoms with Crippen LogP contribution < -0.4 is 5.32 Å². The predicted molar refractivity (Wildman–Crippen MR) is 99.0 cm³/mol. The standard InChI is InChI=1S/C18H18N2O3S2/c1-11-8-14(12(2)25-11)15(21)5-6-17(22)19-9-13-10-23-18(20-13)16-4-3-7-24-16/h3-4,7-8,10H,5-6,9H2,1-2H3,(H,19,22). The second-order valence-corrected chi connectivity index (χ2v) is 8.06. The van der Waals surface area contributed by atoms with Gasteiger partial charge < -0.3 is 9.73 Å². The van der Waals surface area contributed by atoms with Gasteiger partial charge in [0.25, 0.3) is 0 Å². The summed E-state index contributed by atoms with van der Waals surface area (Å²) in [6.07, 6.45) is 1.92. The Kier molecular flexibility index (Phi) is 5.45. The van der Waals surface area contributed by atoms with Crippen LogP contribution in [0.15, 0.2) is 34.3 Å². The van der Waals surface area contributed by atoms with Crippen LogP contribution in [0, 0.1) is 13.8 Å². The fraction of sp³-hybridized carbons (Fsp3) is 0.278. The van der Waals surface area contributed by atoms with Crippen molar-refractivity contribution in [2.75, 3.05) is 0 Å². The second-order valence-electron chi connectivity index (χ2n) is 5.65. The van der Waals surface area contributed by atoms with Crippen LogP contribution in [0.2, 0.25) is 0 Å². The fourth-order valence-corrected chi connectivity index (χ4v) is 4.05. The quantitative estimate of drug-likeness (QED) is 0.624. The number of rotatable bonds is 7. The van der Waals surface area contributed by atoms with Crippen LogP contribution >= 0.6 is 22.7 Å². The van der Waals surface area contributed by atoms with Crippen LogP contribution in [0.3, 0.4) is 0 Å². The summed E-state index contributed by atoms with van der Waals surface area (Å²) in [7, 11) is 0. The molecule has 0 saturated heterocycles. The highest BCUT2D eigenvalue weighted by Gasteiger charge is 2.14. The third-order valence-electron chi connectivity index (χ3n) is 3.67. The van der Waals surface area contributed by atoms with E-state index in [0.29, 0.717) is 18.1 Å². The number of carbonyl (C=O) groups excluding carboxylic acids is 2. The smallest absolute Gasteiger partial charge is 0.236 e. The maximum atomic E-state index is 12.2. The highest BCUT2D eigenvalue weighted by molar-refractivity contribution is 7.13. The molecule has 3 aromatic heterocycles. The van der Waals surface area contributed by atoms with Crippen molar-refractivity contribution in [3.8, 4) is 10.8 Å². The molecule has 0 fully saturated rings. The minimum absolute atomic E-state index is 0.0124. The predicted octanol–water partition coefficient (Wildman–Crippen LogP) is 4.36. The Morgan fingerprint density at radius 1 is 1.28 bits per heavy atom. The molecule has 1 N–H and O–H groups in total. The summed E-state index contributed by atoms with van der Waals surface area (Å²) < 4.78 is 5.41. The Balaban J connectivity index is 1.47. The van der Waals surface area contributed by atoms with Gasteiger partial charge in [0.2, 0.25) is 11.8 Å². The third kappa shape index (κ3) is 4.43. The van der Waals surface area contributed by atoms with Gasteiger partial charge in [-0.05, 0) is 31.4 Å². The van der Waals surface area contributed by atoms with Gasteiger partial charge in [-0.1, -0.05) is 6.07 Å². The zero-order chi connectivity index (χ0) is 17.8. The average Bonchev–Trinajstić information content (AvgIpc) is 3.31. The highest BCUT2D eigenvalue weighted by Crippen LogP contribution is 2.24. The lowest BCUT2D eigenvalue weighted by Gasteiger charge is -2.03. The molecule has 5 nitrogen and oxygen atoms in total. The summed E-state index contributed by atoms with van der Waals surface area (Å²) in [6.45, 7) is 4.20. The number of carbonyl (C=O) groups is 2. The van der Waals surface area contributed by atoms with E-state index in [-0.39, 0.29) is 24.5 Å². The summed E-state index contributed by atoms with van der Waals surface area (Å²) in [6, 6.07) is 5.75. The van der Waals surface area contributed by atoms with E-state index in [1.165, 1.54) is 6.26 Å². The van der Waals surface area contributed by atoms with E-state index in [9.17, 15) is 9.59 Å². The molecule has 0 atom stereocenters. The Hall–Kier alpha value is -2.25. The van der Waals surface area contributed by atoms with Crippen molar-refractivity contribution in [1.29, 1.82) is 0 Å². The van der Waals surface area contributed by atoms with Gasteiger partial charge in [-0.15, -0.1) is 22.7 Å². The minimum Gasteiger partial charge on any atom is -0.443 e. The molecule has 0 spiro atoms. The van der Waals surface area contributed by atoms with Crippen molar-refractivity contribution in [3.63, 3.8) is 0 Å². The number of hydrogen-bond donors (Lipinski definition) is 1. The number of aromatic nitrogens is 1. The van der Waals surface area contributed by atoms with Crippen molar-refractivity contribution in [1.82, 2.24) is 10.3 Å². The Labute approximate surface area is 153 Å². The summed E-state index contributed by atoms with van der Waals surface area (Å²) >= 11 is 3.15. The van der Waals surface area contributed by atoms with Gasteiger partial charge in [0.15, 0.2) is 5.78 Å². The molecule has 7 heteroatoms. The summed E-state index contributed by atoms with van der Waals surface area (Å²) in [5.74, 6) is 0.398. The molecule has 0 aromatic carbocycles. The van der Waals surface area contributed by atoms with Crippen LogP contribution in [0.5, 0.6) is 0 Å². The minimum atomic E-state index is -0.168. The molecule has 25 heavy (non-hydrogen) atoms. The molecule has 0 saturated carbocycles. The van der Waals surface area contributed by atoms with Crippen LogP contribution in [-0.2, 0) is 11.3 Å². The monoisotopic (exact) mass is 374 g/mol. The van der Waals surface area contributed by atoms with E-state index in [1.807, 2.05) is 37.4 Å². The first-order chi connectivity index (χ1) is 12.0. The van der Waals surface area contributed by atoms with E-state index >= 15 is 0 Å². The van der Waals surface area contributed by atoms with Crippen LogP contribution in [-0.4, -0.2) is 16.7 Å². The van der Waals surface area contributed by atoms with Crippen molar-refractivity contribution in [3.05, 3.63) is 50.9 Å². The lowest BCUT2D eigenvalue weighted by atomic mass is 10.1. The van der Waals surface area contributed by atoms with Gasteiger partial charge in [0, 0.05) is 28.2 Å². The molecule has 3 rings (SSSR count). The van der Waals surface area contributed by atoms with Crippen LogP contribution in [0.4, 0.5) is 0 Å². The molecule has 130 valence electrons. The number of thiophene rings is 2. The van der Waals surface area contributed by atoms with E-state index < -0.39 is 0 Å². The first kappa shape index (κ1) is 17.6. The van der Waals surface area contributed by atoms with E-state index in [4.69, 9.17) is 4.42 Å². The number of nitrogens with one attached hydrogen (secondary N) is 1. The van der Waals surface area contributed by atoms with Gasteiger partial charge >= 0.3 is 0 Å². The van der Waals surface area contributed by atoms with Crippen molar-refractivity contribution in [2.24, 2.45) is 0 Å². The molecule has 0 aliphatic heterocycles. The van der Waals surface area contributed by atoms with Crippen LogP contribution in [0.25, 0.3) is 10.8 Å². The number of Topliss-reactive ketones (excluding diaryl/α,β-unsaturated/α-hetero) is 1. The largest absolute Gasteiger partial charge is 0.443 e. The maximum Gasteiger partial charge on any atom is 0.236 e. The van der Waals surface area contributed by atoms with Gasteiger partial charge in [0.05, 0.1) is 17.1 Å². The number of aryl methyl sites for hydroxylation is 2. The second kappa shape index (κ2) is 7.76. The normalized spacial score (nSPS) is 10.8. The van der Waals surface area contributed by atoms with E-state index in [2.05, 4.69) is 10.3 Å². The number of ketones is 1. The lowest BCUT2D eigenvalue weighted by molar-refractivity contribution is -0.121. The van der Waals surface area contributed by atoms with Gasteiger partial charge in [-0.25, -0.2) is 4.98 Å². The van der Waals surface area contributed by atoms with E-state index in [0.717, 1.165) is 20.2 Å². The Morgan fingerprint density at radius 3 is 2.80 bits per heavy atom. The number of hydrogen-bond acceptors (Lipinski definition) is 6. The van der Waals surface area contributed by atoms with Crippen molar-refractivity contribution in [2.45, 2.75) is 33.2 Å². The van der Waals surface area contributed by atoms with Crippen molar-refractivity contribution >= 4 is 34.4 Å². The number of amides is 1. The molecule has 0 aliphatic carbocycles. The first-order valence-corrected chi connectivity index (χ1v) is 9.58. The van der Waals surface area contributed by atoms with Crippen LogP contribution in [0.1, 0.15) is 38.6 Å². The Bertz CT molecular complexity index is 878. The third-order valence-corrected chi connectivity index (χ3v) is 5.49. The highest BCUT2D eigenvalue weighted by atomic mass is 32.1. The van der Waals surface area contributed by atoms with Gasteiger partial charge in [-0.3, -0.25) is 9.59 Å². The molecule has 0 unspecified atom stereocenters.